The Morgan fingerprint density at radius 2 is 2.11 bits per heavy atom. The molecule has 0 spiro atoms. The maximum absolute atomic E-state index is 12.2. The van der Waals surface area contributed by atoms with Gasteiger partial charge in [0.15, 0.2) is 9.84 Å². The third-order valence-electron chi connectivity index (χ3n) is 3.73. The second-order valence-corrected chi connectivity index (χ2v) is 8.92. The summed E-state index contributed by atoms with van der Waals surface area (Å²) < 4.78 is 24.3. The molecule has 6 heteroatoms. The molecule has 1 fully saturated rings. The summed E-state index contributed by atoms with van der Waals surface area (Å²) in [6, 6.07) is 0. The van der Waals surface area contributed by atoms with E-state index < -0.39 is 15.4 Å². The summed E-state index contributed by atoms with van der Waals surface area (Å²) in [5, 5.41) is 13.1. The predicted molar refractivity (Wildman–Crippen MR) is 76.9 cm³/mol. The highest BCUT2D eigenvalue weighted by molar-refractivity contribution is 7.90. The molecule has 0 aromatic carbocycles. The lowest BCUT2D eigenvalue weighted by atomic mass is 9.81. The molecule has 108 valence electrons. The molecule has 0 radical (unpaired) electrons. The van der Waals surface area contributed by atoms with E-state index in [2.05, 4.69) is 11.9 Å². The van der Waals surface area contributed by atoms with Crippen LogP contribution in [-0.2, 0) is 15.6 Å². The van der Waals surface area contributed by atoms with Gasteiger partial charge in [0.05, 0.1) is 27.8 Å². The average Bonchev–Trinajstić information content (AvgIpc) is 2.67. The van der Waals surface area contributed by atoms with E-state index in [1.54, 1.807) is 5.38 Å². The Labute approximate surface area is 118 Å². The molecule has 0 amide bonds. The molecule has 1 saturated carbocycles. The van der Waals surface area contributed by atoms with E-state index in [4.69, 9.17) is 0 Å². The third-order valence-corrected chi connectivity index (χ3v) is 6.26. The predicted octanol–water partition coefficient (Wildman–Crippen LogP) is 2.31. The fraction of sp³-hybridized carbons (Fsp3) is 0.769. The van der Waals surface area contributed by atoms with Gasteiger partial charge < -0.3 is 5.11 Å². The number of thiazole rings is 1. The molecule has 1 heterocycles. The quantitative estimate of drug-likeness (QED) is 0.927. The molecule has 1 aromatic rings. The third kappa shape index (κ3) is 4.26. The molecular weight excluding hydrogens is 282 g/mol. The first-order valence-electron chi connectivity index (χ1n) is 6.62. The number of sulfone groups is 1. The van der Waals surface area contributed by atoms with Crippen LogP contribution in [0.4, 0.5) is 0 Å². The number of rotatable bonds is 4. The number of nitrogens with zero attached hydrogens (tertiary/aromatic N) is 1. The van der Waals surface area contributed by atoms with Gasteiger partial charge >= 0.3 is 0 Å². The van der Waals surface area contributed by atoms with Crippen LogP contribution in [-0.4, -0.2) is 29.9 Å². The standard InChI is InChI=1S/C13H21NO3S2/c1-10-3-5-13(15,6-4-10)9-19(16,17)8-12-7-18-11(2)14-12/h7,10,15H,3-6,8-9H2,1-2H3. The molecule has 1 aliphatic carbocycles. The zero-order chi connectivity index (χ0) is 14.1. The lowest BCUT2D eigenvalue weighted by Gasteiger charge is -2.34. The van der Waals surface area contributed by atoms with Gasteiger partial charge in [-0.3, -0.25) is 0 Å². The van der Waals surface area contributed by atoms with Gasteiger partial charge in [-0.2, -0.15) is 0 Å². The van der Waals surface area contributed by atoms with Crippen molar-refractivity contribution >= 4 is 21.2 Å². The van der Waals surface area contributed by atoms with Crippen LogP contribution in [0, 0.1) is 12.8 Å². The summed E-state index contributed by atoms with van der Waals surface area (Å²) in [7, 11) is -3.30. The van der Waals surface area contributed by atoms with Crippen molar-refractivity contribution in [1.82, 2.24) is 4.98 Å². The maximum atomic E-state index is 12.2. The molecule has 1 aromatic heterocycles. The van der Waals surface area contributed by atoms with Crippen LogP contribution >= 0.6 is 11.3 Å². The van der Waals surface area contributed by atoms with E-state index in [-0.39, 0.29) is 11.5 Å². The molecule has 1 N–H and O–H groups in total. The minimum atomic E-state index is -3.30. The Balaban J connectivity index is 2.01. The molecule has 0 aliphatic heterocycles. The SMILES string of the molecule is Cc1nc(CS(=O)(=O)CC2(O)CCC(C)CC2)cs1. The number of aryl methyl sites for hydroxylation is 1. The monoisotopic (exact) mass is 303 g/mol. The fourth-order valence-corrected chi connectivity index (χ4v) is 5.13. The summed E-state index contributed by atoms with van der Waals surface area (Å²) in [6.07, 6.45) is 2.98. The van der Waals surface area contributed by atoms with Crippen molar-refractivity contribution in [2.24, 2.45) is 5.92 Å². The largest absolute Gasteiger partial charge is 0.389 e. The van der Waals surface area contributed by atoms with Crippen LogP contribution in [0.1, 0.15) is 43.3 Å². The fourth-order valence-electron chi connectivity index (χ4n) is 2.60. The summed E-state index contributed by atoms with van der Waals surface area (Å²) in [5.41, 5.74) is -0.438. The van der Waals surface area contributed by atoms with Crippen molar-refractivity contribution in [2.75, 3.05) is 5.75 Å². The van der Waals surface area contributed by atoms with Crippen LogP contribution < -0.4 is 0 Å². The van der Waals surface area contributed by atoms with Crippen LogP contribution in [0.15, 0.2) is 5.38 Å². The molecule has 0 bridgehead atoms. The zero-order valence-electron chi connectivity index (χ0n) is 11.4. The number of hydrogen-bond donors (Lipinski definition) is 1. The second kappa shape index (κ2) is 5.50. The van der Waals surface area contributed by atoms with Gasteiger partial charge in [0.2, 0.25) is 0 Å². The lowest BCUT2D eigenvalue weighted by Crippen LogP contribution is -2.40. The van der Waals surface area contributed by atoms with Crippen LogP contribution in [0.3, 0.4) is 0 Å². The minimum absolute atomic E-state index is 0.0603. The second-order valence-electron chi connectivity index (χ2n) is 5.80. The Morgan fingerprint density at radius 1 is 1.47 bits per heavy atom. The van der Waals surface area contributed by atoms with E-state index >= 15 is 0 Å². The highest BCUT2D eigenvalue weighted by Crippen LogP contribution is 2.33. The van der Waals surface area contributed by atoms with Crippen LogP contribution in [0.2, 0.25) is 0 Å². The zero-order valence-corrected chi connectivity index (χ0v) is 13.1. The topological polar surface area (TPSA) is 67.3 Å². The van der Waals surface area contributed by atoms with E-state index in [0.717, 1.165) is 17.8 Å². The number of aromatic nitrogens is 1. The summed E-state index contributed by atoms with van der Waals surface area (Å²) in [4.78, 5) is 4.18. The van der Waals surface area contributed by atoms with Crippen molar-refractivity contribution in [3.8, 4) is 0 Å². The van der Waals surface area contributed by atoms with Gasteiger partial charge in [-0.15, -0.1) is 11.3 Å². The Hall–Kier alpha value is -0.460. The smallest absolute Gasteiger partial charge is 0.158 e. The van der Waals surface area contributed by atoms with E-state index in [9.17, 15) is 13.5 Å². The Morgan fingerprint density at radius 3 is 2.63 bits per heavy atom. The summed E-state index contributed by atoms with van der Waals surface area (Å²) in [5.74, 6) is 0.391. The van der Waals surface area contributed by atoms with Crippen molar-refractivity contribution in [2.45, 2.75) is 50.9 Å². The van der Waals surface area contributed by atoms with Gasteiger partial charge in [0.1, 0.15) is 0 Å². The Bertz CT molecular complexity index is 528. The summed E-state index contributed by atoms with van der Waals surface area (Å²) in [6.45, 7) is 4.00. The molecule has 0 atom stereocenters. The van der Waals surface area contributed by atoms with Gasteiger partial charge in [-0.05, 0) is 38.5 Å². The minimum Gasteiger partial charge on any atom is -0.389 e. The van der Waals surface area contributed by atoms with E-state index in [1.165, 1.54) is 11.3 Å². The van der Waals surface area contributed by atoms with Crippen molar-refractivity contribution in [1.29, 1.82) is 0 Å². The van der Waals surface area contributed by atoms with Crippen LogP contribution in [0.5, 0.6) is 0 Å². The van der Waals surface area contributed by atoms with Gasteiger partial charge in [0, 0.05) is 5.38 Å². The van der Waals surface area contributed by atoms with Crippen molar-refractivity contribution in [3.63, 3.8) is 0 Å². The Kier molecular flexibility index (Phi) is 4.32. The first-order chi connectivity index (χ1) is 8.78. The normalized spacial score (nSPS) is 28.5. The highest BCUT2D eigenvalue weighted by atomic mass is 32.2. The molecule has 2 rings (SSSR count). The van der Waals surface area contributed by atoms with E-state index in [0.29, 0.717) is 24.5 Å². The first-order valence-corrected chi connectivity index (χ1v) is 9.32. The maximum Gasteiger partial charge on any atom is 0.158 e. The van der Waals surface area contributed by atoms with Gasteiger partial charge in [-0.25, -0.2) is 13.4 Å². The van der Waals surface area contributed by atoms with Crippen LogP contribution in [0.25, 0.3) is 0 Å². The summed E-state index contributed by atoms with van der Waals surface area (Å²) >= 11 is 1.45. The number of aliphatic hydroxyl groups is 1. The van der Waals surface area contributed by atoms with Crippen molar-refractivity contribution < 1.29 is 13.5 Å². The van der Waals surface area contributed by atoms with Gasteiger partial charge in [0.25, 0.3) is 0 Å². The molecule has 0 unspecified atom stereocenters. The number of hydrogen-bond acceptors (Lipinski definition) is 5. The molecule has 19 heavy (non-hydrogen) atoms. The molecule has 0 saturated heterocycles. The molecular formula is C13H21NO3S2. The molecule has 1 aliphatic rings. The molecule has 4 nitrogen and oxygen atoms in total. The van der Waals surface area contributed by atoms with E-state index in [1.807, 2.05) is 6.92 Å². The lowest BCUT2D eigenvalue weighted by molar-refractivity contribution is 0.0135. The average molecular weight is 303 g/mol. The highest BCUT2D eigenvalue weighted by Gasteiger charge is 2.36. The van der Waals surface area contributed by atoms with Gasteiger partial charge in [-0.1, -0.05) is 6.92 Å². The van der Waals surface area contributed by atoms with Crippen molar-refractivity contribution in [3.05, 3.63) is 16.1 Å². The first kappa shape index (κ1) is 14.9.